The van der Waals surface area contributed by atoms with Gasteiger partial charge in [-0.2, -0.15) is 0 Å². The number of carboxylic acid groups (broad SMARTS) is 1. The molecule has 16 heavy (non-hydrogen) atoms. The topological polar surface area (TPSA) is 75.1 Å². The van der Waals surface area contributed by atoms with Crippen LogP contribution in [0.15, 0.2) is 12.4 Å². The van der Waals surface area contributed by atoms with E-state index in [1.54, 1.807) is 12.4 Å². The summed E-state index contributed by atoms with van der Waals surface area (Å²) in [5.74, 6) is -0.0954. The second-order valence-electron chi connectivity index (χ2n) is 3.70. The van der Waals surface area contributed by atoms with Gasteiger partial charge < -0.3 is 10.4 Å². The number of hydrogen-bond donors (Lipinski definition) is 2. The Morgan fingerprint density at radius 2 is 2.12 bits per heavy atom. The maximum atomic E-state index is 10.9. The molecule has 0 aliphatic carbocycles. The van der Waals surface area contributed by atoms with Crippen LogP contribution in [0.1, 0.15) is 31.2 Å². The zero-order valence-corrected chi connectivity index (χ0v) is 9.60. The van der Waals surface area contributed by atoms with Gasteiger partial charge in [-0.25, -0.2) is 9.97 Å². The van der Waals surface area contributed by atoms with Crippen molar-refractivity contribution in [2.24, 2.45) is 0 Å². The minimum absolute atomic E-state index is 0.483. The zero-order valence-electron chi connectivity index (χ0n) is 9.60. The number of rotatable bonds is 6. The third-order valence-electron chi connectivity index (χ3n) is 2.26. The Labute approximate surface area is 94.9 Å². The van der Waals surface area contributed by atoms with Gasteiger partial charge in [-0.05, 0) is 13.3 Å². The van der Waals surface area contributed by atoms with Crippen LogP contribution in [0, 0.1) is 6.92 Å². The highest BCUT2D eigenvalue weighted by Crippen LogP contribution is 2.00. The van der Waals surface area contributed by atoms with E-state index in [2.05, 4.69) is 15.3 Å². The number of nitrogens with zero attached hydrogens (tertiary/aromatic N) is 2. The summed E-state index contributed by atoms with van der Waals surface area (Å²) in [7, 11) is 0. The molecule has 0 amide bonds. The smallest absolute Gasteiger partial charge is 0.320 e. The highest BCUT2D eigenvalue weighted by Gasteiger charge is 2.14. The maximum absolute atomic E-state index is 10.9. The van der Waals surface area contributed by atoms with Crippen molar-refractivity contribution in [3.05, 3.63) is 23.8 Å². The quantitative estimate of drug-likeness (QED) is 0.756. The number of carboxylic acids is 1. The van der Waals surface area contributed by atoms with E-state index >= 15 is 0 Å². The van der Waals surface area contributed by atoms with E-state index in [0.29, 0.717) is 18.8 Å². The van der Waals surface area contributed by atoms with Gasteiger partial charge in [0.25, 0.3) is 0 Å². The number of nitrogens with one attached hydrogen (secondary N) is 1. The summed E-state index contributed by atoms with van der Waals surface area (Å²) in [5, 5.41) is 11.9. The SMILES string of the molecule is CCCC(NCc1cnc(C)nc1)C(=O)O. The Morgan fingerprint density at radius 1 is 1.50 bits per heavy atom. The number of hydrogen-bond acceptors (Lipinski definition) is 4. The molecule has 0 saturated carbocycles. The Kier molecular flexibility index (Phi) is 4.85. The molecule has 1 heterocycles. The molecule has 88 valence electrons. The minimum atomic E-state index is -0.810. The first kappa shape index (κ1) is 12.6. The molecule has 5 heteroatoms. The molecule has 1 atom stereocenters. The van der Waals surface area contributed by atoms with Crippen molar-refractivity contribution in [2.75, 3.05) is 0 Å². The van der Waals surface area contributed by atoms with E-state index in [1.165, 1.54) is 0 Å². The molecule has 1 aromatic rings. The average molecular weight is 223 g/mol. The summed E-state index contributed by atoms with van der Waals surface area (Å²) in [6.07, 6.45) is 4.89. The van der Waals surface area contributed by atoms with Gasteiger partial charge >= 0.3 is 5.97 Å². The lowest BCUT2D eigenvalue weighted by atomic mass is 10.1. The molecule has 0 radical (unpaired) electrons. The predicted octanol–water partition coefficient (Wildman–Crippen LogP) is 1.13. The summed E-state index contributed by atoms with van der Waals surface area (Å²) in [6, 6.07) is -0.494. The van der Waals surface area contributed by atoms with E-state index in [9.17, 15) is 4.79 Å². The van der Waals surface area contributed by atoms with E-state index in [4.69, 9.17) is 5.11 Å². The normalized spacial score (nSPS) is 12.4. The standard InChI is InChI=1S/C11H17N3O2/c1-3-4-10(11(15)16)14-7-9-5-12-8(2)13-6-9/h5-6,10,14H,3-4,7H2,1-2H3,(H,15,16). The van der Waals surface area contributed by atoms with Gasteiger partial charge in [-0.3, -0.25) is 4.79 Å². The fourth-order valence-electron chi connectivity index (χ4n) is 1.35. The molecule has 0 aliphatic rings. The number of aromatic nitrogens is 2. The molecule has 0 aliphatic heterocycles. The fraction of sp³-hybridized carbons (Fsp3) is 0.545. The molecule has 0 spiro atoms. The lowest BCUT2D eigenvalue weighted by Crippen LogP contribution is -2.36. The Morgan fingerprint density at radius 3 is 2.62 bits per heavy atom. The number of aliphatic carboxylic acids is 1. The van der Waals surface area contributed by atoms with Crippen LogP contribution in [0.25, 0.3) is 0 Å². The van der Waals surface area contributed by atoms with Gasteiger partial charge in [0.1, 0.15) is 11.9 Å². The van der Waals surface area contributed by atoms with Gasteiger partial charge in [0.15, 0.2) is 0 Å². The van der Waals surface area contributed by atoms with Crippen molar-refractivity contribution in [3.8, 4) is 0 Å². The maximum Gasteiger partial charge on any atom is 0.320 e. The fourth-order valence-corrected chi connectivity index (χ4v) is 1.35. The molecule has 1 rings (SSSR count). The third kappa shape index (κ3) is 3.94. The second-order valence-corrected chi connectivity index (χ2v) is 3.70. The van der Waals surface area contributed by atoms with Crippen LogP contribution in [0.2, 0.25) is 0 Å². The van der Waals surface area contributed by atoms with Crippen molar-refractivity contribution in [1.29, 1.82) is 0 Å². The van der Waals surface area contributed by atoms with Crippen LogP contribution < -0.4 is 5.32 Å². The lowest BCUT2D eigenvalue weighted by molar-refractivity contribution is -0.139. The highest BCUT2D eigenvalue weighted by molar-refractivity contribution is 5.73. The third-order valence-corrected chi connectivity index (χ3v) is 2.26. The molecule has 0 fully saturated rings. The van der Waals surface area contributed by atoms with Crippen molar-refractivity contribution in [2.45, 2.75) is 39.3 Å². The first-order valence-corrected chi connectivity index (χ1v) is 5.37. The van der Waals surface area contributed by atoms with Crippen LogP contribution in [0.4, 0.5) is 0 Å². The van der Waals surface area contributed by atoms with Crippen LogP contribution in [-0.2, 0) is 11.3 Å². The molecule has 0 bridgehead atoms. The molecular weight excluding hydrogens is 206 g/mol. The molecule has 0 aromatic carbocycles. The number of aryl methyl sites for hydroxylation is 1. The van der Waals surface area contributed by atoms with Gasteiger partial charge in [0.2, 0.25) is 0 Å². The molecule has 1 unspecified atom stereocenters. The second kappa shape index (κ2) is 6.17. The van der Waals surface area contributed by atoms with Gasteiger partial charge in [-0.1, -0.05) is 13.3 Å². The monoisotopic (exact) mass is 223 g/mol. The average Bonchev–Trinajstić information content (AvgIpc) is 2.26. The molecule has 0 saturated heterocycles. The van der Waals surface area contributed by atoms with Crippen molar-refractivity contribution < 1.29 is 9.90 Å². The molecular formula is C11H17N3O2. The van der Waals surface area contributed by atoms with Gasteiger partial charge in [-0.15, -0.1) is 0 Å². The van der Waals surface area contributed by atoms with E-state index in [-0.39, 0.29) is 0 Å². The Hall–Kier alpha value is -1.49. The Bertz CT molecular complexity index is 338. The van der Waals surface area contributed by atoms with Gasteiger partial charge in [0, 0.05) is 24.5 Å². The minimum Gasteiger partial charge on any atom is -0.480 e. The summed E-state index contributed by atoms with van der Waals surface area (Å²) < 4.78 is 0. The largest absolute Gasteiger partial charge is 0.480 e. The summed E-state index contributed by atoms with van der Waals surface area (Å²) in [6.45, 7) is 4.26. The summed E-state index contributed by atoms with van der Waals surface area (Å²) >= 11 is 0. The van der Waals surface area contributed by atoms with Crippen molar-refractivity contribution in [1.82, 2.24) is 15.3 Å². The van der Waals surface area contributed by atoms with Crippen LogP contribution in [0.5, 0.6) is 0 Å². The van der Waals surface area contributed by atoms with Crippen LogP contribution >= 0.6 is 0 Å². The summed E-state index contributed by atoms with van der Waals surface area (Å²) in [5.41, 5.74) is 0.896. The van der Waals surface area contributed by atoms with Crippen LogP contribution in [-0.4, -0.2) is 27.1 Å². The predicted molar refractivity (Wildman–Crippen MR) is 59.9 cm³/mol. The zero-order chi connectivity index (χ0) is 12.0. The van der Waals surface area contributed by atoms with Crippen molar-refractivity contribution >= 4 is 5.97 Å². The number of carbonyl (C=O) groups is 1. The first-order valence-electron chi connectivity index (χ1n) is 5.37. The van der Waals surface area contributed by atoms with Crippen molar-refractivity contribution in [3.63, 3.8) is 0 Å². The lowest BCUT2D eigenvalue weighted by Gasteiger charge is -2.12. The first-order chi connectivity index (χ1) is 7.63. The van der Waals surface area contributed by atoms with Gasteiger partial charge in [0.05, 0.1) is 0 Å². The summed E-state index contributed by atoms with van der Waals surface area (Å²) in [4.78, 5) is 19.0. The van der Waals surface area contributed by atoms with E-state index in [1.807, 2.05) is 13.8 Å². The van der Waals surface area contributed by atoms with E-state index in [0.717, 1.165) is 12.0 Å². The molecule has 5 nitrogen and oxygen atoms in total. The van der Waals surface area contributed by atoms with Crippen LogP contribution in [0.3, 0.4) is 0 Å². The molecule has 2 N–H and O–H groups in total. The molecule has 1 aromatic heterocycles. The Balaban J connectivity index is 2.48. The highest BCUT2D eigenvalue weighted by atomic mass is 16.4. The van der Waals surface area contributed by atoms with E-state index < -0.39 is 12.0 Å².